The highest BCUT2D eigenvalue weighted by Gasteiger charge is 2.25. The number of nitriles is 1. The minimum Gasteiger partial charge on any atom is -0.419 e. The Morgan fingerprint density at radius 3 is 2.54 bits per heavy atom. The monoisotopic (exact) mass is 350 g/mol. The van der Waals surface area contributed by atoms with E-state index in [9.17, 15) is 5.26 Å². The zero-order valence-electron chi connectivity index (χ0n) is 14.4. The third-order valence-electron chi connectivity index (χ3n) is 4.52. The van der Waals surface area contributed by atoms with E-state index in [0.717, 1.165) is 43.1 Å². The molecule has 1 fully saturated rings. The fraction of sp³-hybridized carbons (Fsp3) is 0.333. The lowest BCUT2D eigenvalue weighted by molar-refractivity contribution is 0.234. The number of hydrogen-bond acceptors (Lipinski definition) is 8. The fourth-order valence-electron chi connectivity index (χ4n) is 3.02. The van der Waals surface area contributed by atoms with Crippen molar-refractivity contribution in [3.8, 4) is 17.5 Å². The standard InChI is InChI=1S/C18H18N6O2/c1-13-16(22-26-21-13)12-23-7-9-24(10-8-23)18-15(11-19)20-17(25-18)14-5-3-2-4-6-14/h2-6H,7-10,12H2,1H3. The van der Waals surface area contributed by atoms with Gasteiger partial charge in [0.1, 0.15) is 17.5 Å². The molecule has 132 valence electrons. The van der Waals surface area contributed by atoms with E-state index >= 15 is 0 Å². The Morgan fingerprint density at radius 1 is 1.12 bits per heavy atom. The normalized spacial score (nSPS) is 15.2. The smallest absolute Gasteiger partial charge is 0.235 e. The molecule has 0 atom stereocenters. The molecule has 0 spiro atoms. The van der Waals surface area contributed by atoms with Gasteiger partial charge in [0.2, 0.25) is 17.5 Å². The summed E-state index contributed by atoms with van der Waals surface area (Å²) in [5.41, 5.74) is 2.88. The Labute approximate surface area is 150 Å². The van der Waals surface area contributed by atoms with E-state index < -0.39 is 0 Å². The first kappa shape index (κ1) is 16.3. The van der Waals surface area contributed by atoms with Gasteiger partial charge in [0.25, 0.3) is 0 Å². The fourth-order valence-corrected chi connectivity index (χ4v) is 3.02. The van der Waals surface area contributed by atoms with Gasteiger partial charge >= 0.3 is 0 Å². The molecule has 8 heteroatoms. The summed E-state index contributed by atoms with van der Waals surface area (Å²) in [6.07, 6.45) is 0. The summed E-state index contributed by atoms with van der Waals surface area (Å²) in [4.78, 5) is 8.70. The molecular weight excluding hydrogens is 332 g/mol. The summed E-state index contributed by atoms with van der Waals surface area (Å²) >= 11 is 0. The van der Waals surface area contributed by atoms with Crippen molar-refractivity contribution >= 4 is 5.88 Å². The molecule has 4 rings (SSSR count). The topological polar surface area (TPSA) is 95.2 Å². The van der Waals surface area contributed by atoms with Gasteiger partial charge < -0.3 is 9.32 Å². The van der Waals surface area contributed by atoms with Crippen LogP contribution in [0.5, 0.6) is 0 Å². The summed E-state index contributed by atoms with van der Waals surface area (Å²) in [5, 5.41) is 17.2. The lowest BCUT2D eigenvalue weighted by Crippen LogP contribution is -2.46. The SMILES string of the molecule is Cc1nonc1CN1CCN(c2oc(-c3ccccc3)nc2C#N)CC1. The predicted octanol–water partition coefficient (Wildman–Crippen LogP) is 2.23. The summed E-state index contributed by atoms with van der Waals surface area (Å²) in [6.45, 7) is 5.77. The van der Waals surface area contributed by atoms with E-state index in [1.807, 2.05) is 37.3 Å². The van der Waals surface area contributed by atoms with Gasteiger partial charge in [-0.05, 0) is 19.1 Å². The number of anilines is 1. The summed E-state index contributed by atoms with van der Waals surface area (Å²) in [5.74, 6) is 1.02. The molecule has 26 heavy (non-hydrogen) atoms. The summed E-state index contributed by atoms with van der Waals surface area (Å²) in [7, 11) is 0. The molecule has 3 aromatic rings. The molecule has 2 aromatic heterocycles. The quantitative estimate of drug-likeness (QED) is 0.707. The first-order chi connectivity index (χ1) is 12.7. The Balaban J connectivity index is 1.47. The van der Waals surface area contributed by atoms with Gasteiger partial charge in [0.05, 0.1) is 0 Å². The molecular formula is C18H18N6O2. The zero-order valence-corrected chi connectivity index (χ0v) is 14.4. The number of nitrogens with zero attached hydrogens (tertiary/aromatic N) is 6. The Hall–Kier alpha value is -3.18. The lowest BCUT2D eigenvalue weighted by Gasteiger charge is -2.33. The average molecular weight is 350 g/mol. The van der Waals surface area contributed by atoms with E-state index in [4.69, 9.17) is 9.05 Å². The Bertz CT molecular complexity index is 919. The summed E-state index contributed by atoms with van der Waals surface area (Å²) < 4.78 is 10.7. The van der Waals surface area contributed by atoms with Crippen molar-refractivity contribution < 1.29 is 9.05 Å². The molecule has 0 saturated carbocycles. The van der Waals surface area contributed by atoms with Crippen LogP contribution in [0.4, 0.5) is 5.88 Å². The van der Waals surface area contributed by atoms with Crippen molar-refractivity contribution in [1.82, 2.24) is 20.2 Å². The highest BCUT2D eigenvalue weighted by molar-refractivity contribution is 5.59. The molecule has 0 amide bonds. The second-order valence-electron chi connectivity index (χ2n) is 6.21. The number of piperazine rings is 1. The number of aromatic nitrogens is 3. The minimum atomic E-state index is 0.328. The molecule has 3 heterocycles. The van der Waals surface area contributed by atoms with Crippen molar-refractivity contribution in [2.75, 3.05) is 31.1 Å². The van der Waals surface area contributed by atoms with Crippen molar-refractivity contribution in [3.05, 3.63) is 47.4 Å². The highest BCUT2D eigenvalue weighted by Crippen LogP contribution is 2.28. The van der Waals surface area contributed by atoms with E-state index in [2.05, 4.69) is 31.2 Å². The second-order valence-corrected chi connectivity index (χ2v) is 6.21. The van der Waals surface area contributed by atoms with Crippen molar-refractivity contribution in [2.45, 2.75) is 13.5 Å². The van der Waals surface area contributed by atoms with E-state index in [0.29, 0.717) is 24.0 Å². The number of rotatable bonds is 4. The van der Waals surface area contributed by atoms with Gasteiger partial charge in [-0.25, -0.2) is 4.63 Å². The molecule has 0 unspecified atom stereocenters. The van der Waals surface area contributed by atoms with Crippen LogP contribution in [0.2, 0.25) is 0 Å². The van der Waals surface area contributed by atoms with Crippen molar-refractivity contribution in [3.63, 3.8) is 0 Å². The molecule has 0 radical (unpaired) electrons. The van der Waals surface area contributed by atoms with E-state index in [1.54, 1.807) is 0 Å². The average Bonchev–Trinajstić information content (AvgIpc) is 3.30. The van der Waals surface area contributed by atoms with E-state index in [-0.39, 0.29) is 0 Å². The van der Waals surface area contributed by atoms with Crippen LogP contribution in [0, 0.1) is 18.3 Å². The van der Waals surface area contributed by atoms with Crippen LogP contribution in [0.1, 0.15) is 17.1 Å². The number of hydrogen-bond donors (Lipinski definition) is 0. The van der Waals surface area contributed by atoms with Crippen LogP contribution in [-0.4, -0.2) is 46.4 Å². The Kier molecular flexibility index (Phi) is 4.37. The predicted molar refractivity (Wildman–Crippen MR) is 93.2 cm³/mol. The number of aryl methyl sites for hydroxylation is 1. The third kappa shape index (κ3) is 3.17. The number of oxazole rings is 1. The van der Waals surface area contributed by atoms with Gasteiger partial charge in [-0.1, -0.05) is 28.5 Å². The first-order valence-corrected chi connectivity index (χ1v) is 8.46. The molecule has 1 saturated heterocycles. The largest absolute Gasteiger partial charge is 0.419 e. The molecule has 0 bridgehead atoms. The maximum Gasteiger partial charge on any atom is 0.235 e. The van der Waals surface area contributed by atoms with Crippen molar-refractivity contribution in [1.29, 1.82) is 5.26 Å². The van der Waals surface area contributed by atoms with Gasteiger partial charge in [0.15, 0.2) is 0 Å². The van der Waals surface area contributed by atoms with Gasteiger partial charge in [-0.15, -0.1) is 0 Å². The number of benzene rings is 1. The maximum atomic E-state index is 9.43. The molecule has 8 nitrogen and oxygen atoms in total. The molecule has 1 aliphatic heterocycles. The summed E-state index contributed by atoms with van der Waals surface area (Å²) in [6, 6.07) is 11.8. The van der Waals surface area contributed by atoms with Crippen LogP contribution >= 0.6 is 0 Å². The van der Waals surface area contributed by atoms with Gasteiger partial charge in [-0.2, -0.15) is 10.2 Å². The molecule has 0 aliphatic carbocycles. The van der Waals surface area contributed by atoms with Gasteiger partial charge in [-0.3, -0.25) is 4.90 Å². The van der Waals surface area contributed by atoms with Crippen molar-refractivity contribution in [2.24, 2.45) is 0 Å². The minimum absolute atomic E-state index is 0.328. The second kappa shape index (κ2) is 6.98. The van der Waals surface area contributed by atoms with Crippen LogP contribution in [0.3, 0.4) is 0 Å². The molecule has 0 N–H and O–H groups in total. The van der Waals surface area contributed by atoms with Crippen LogP contribution in [0.15, 0.2) is 39.4 Å². The molecule has 1 aromatic carbocycles. The first-order valence-electron chi connectivity index (χ1n) is 8.46. The molecule has 1 aliphatic rings. The van der Waals surface area contributed by atoms with E-state index in [1.165, 1.54) is 0 Å². The maximum absolute atomic E-state index is 9.43. The highest BCUT2D eigenvalue weighted by atomic mass is 16.6. The zero-order chi connectivity index (χ0) is 17.9. The lowest BCUT2D eigenvalue weighted by atomic mass is 10.2. The third-order valence-corrected chi connectivity index (χ3v) is 4.52. The Morgan fingerprint density at radius 2 is 1.88 bits per heavy atom. The van der Waals surface area contributed by atoms with Crippen LogP contribution < -0.4 is 4.90 Å². The van der Waals surface area contributed by atoms with Crippen LogP contribution in [-0.2, 0) is 6.54 Å². The van der Waals surface area contributed by atoms with Crippen LogP contribution in [0.25, 0.3) is 11.5 Å². The van der Waals surface area contributed by atoms with Gasteiger partial charge in [0, 0.05) is 38.3 Å².